The molecule has 2 aromatic rings. The molecule has 0 atom stereocenters. The number of aryl methyl sites for hydroxylation is 1. The summed E-state index contributed by atoms with van der Waals surface area (Å²) in [6.07, 6.45) is 1.81. The first-order valence-electron chi connectivity index (χ1n) is 6.14. The van der Waals surface area contributed by atoms with Crippen LogP contribution in [0, 0.1) is 6.92 Å². The van der Waals surface area contributed by atoms with E-state index in [1.54, 1.807) is 0 Å². The molecule has 0 spiro atoms. The molecule has 2 rings (SSSR count). The fourth-order valence-corrected chi connectivity index (χ4v) is 1.62. The van der Waals surface area contributed by atoms with E-state index in [1.807, 2.05) is 51.2 Å². The Morgan fingerprint density at radius 3 is 2.39 bits per heavy atom. The average Bonchev–Trinajstić information content (AvgIpc) is 2.41. The quantitative estimate of drug-likeness (QED) is 0.861. The van der Waals surface area contributed by atoms with Crippen molar-refractivity contribution in [1.29, 1.82) is 0 Å². The molecule has 94 valence electrons. The summed E-state index contributed by atoms with van der Waals surface area (Å²) in [5.74, 6) is 0. The Kier molecular flexibility index (Phi) is 5.12. The summed E-state index contributed by atoms with van der Waals surface area (Å²) >= 11 is 0. The van der Waals surface area contributed by atoms with Crippen LogP contribution in [-0.4, -0.2) is 4.98 Å². The number of nitrogens with zero attached hydrogens (tertiary/aromatic N) is 1. The molecule has 18 heavy (non-hydrogen) atoms. The third-order valence-corrected chi connectivity index (χ3v) is 2.46. The Morgan fingerprint density at radius 1 is 1.11 bits per heavy atom. The smallest absolute Gasteiger partial charge is 0.0378 e. The summed E-state index contributed by atoms with van der Waals surface area (Å²) in [7, 11) is 0. The molecule has 0 saturated carbocycles. The first kappa shape index (κ1) is 14.0. The molecule has 2 N–H and O–H groups in total. The monoisotopic (exact) mass is 240 g/mol. The Balaban J connectivity index is 0.000000771. The highest BCUT2D eigenvalue weighted by atomic mass is 14.6. The summed E-state index contributed by atoms with van der Waals surface area (Å²) in [5.41, 5.74) is 10.5. The van der Waals surface area contributed by atoms with E-state index >= 15 is 0 Å². The lowest BCUT2D eigenvalue weighted by Crippen LogP contribution is -1.93. The SMILES string of the molecule is C=C(N)c1cccc(-c2ccnc(C)c2)c1.CC. The Bertz CT molecular complexity index is 530. The Hall–Kier alpha value is -2.09. The first-order chi connectivity index (χ1) is 8.66. The highest BCUT2D eigenvalue weighted by Crippen LogP contribution is 2.21. The molecule has 1 aromatic carbocycles. The molecule has 1 aromatic heterocycles. The van der Waals surface area contributed by atoms with Gasteiger partial charge in [-0.05, 0) is 41.8 Å². The van der Waals surface area contributed by atoms with Crippen LogP contribution in [0.4, 0.5) is 0 Å². The summed E-state index contributed by atoms with van der Waals surface area (Å²) in [5, 5.41) is 0. The lowest BCUT2D eigenvalue weighted by atomic mass is 10.0. The molecular formula is C16H20N2. The van der Waals surface area contributed by atoms with Crippen LogP contribution in [0.3, 0.4) is 0 Å². The molecule has 0 aliphatic carbocycles. The fraction of sp³-hybridized carbons (Fsp3) is 0.188. The van der Waals surface area contributed by atoms with Gasteiger partial charge in [0.05, 0.1) is 0 Å². The van der Waals surface area contributed by atoms with Gasteiger partial charge in [0.2, 0.25) is 0 Å². The molecule has 2 nitrogen and oxygen atoms in total. The summed E-state index contributed by atoms with van der Waals surface area (Å²) in [4.78, 5) is 4.18. The van der Waals surface area contributed by atoms with E-state index in [1.165, 1.54) is 0 Å². The van der Waals surface area contributed by atoms with Crippen LogP contribution >= 0.6 is 0 Å². The maximum atomic E-state index is 5.68. The maximum Gasteiger partial charge on any atom is 0.0378 e. The molecule has 0 unspecified atom stereocenters. The van der Waals surface area contributed by atoms with Gasteiger partial charge in [0, 0.05) is 17.6 Å². The van der Waals surface area contributed by atoms with Crippen molar-refractivity contribution in [2.45, 2.75) is 20.8 Å². The minimum absolute atomic E-state index is 0.590. The lowest BCUT2D eigenvalue weighted by molar-refractivity contribution is 1.20. The number of benzene rings is 1. The van der Waals surface area contributed by atoms with Gasteiger partial charge < -0.3 is 5.73 Å². The predicted octanol–water partition coefficient (Wildman–Crippen LogP) is 4.01. The van der Waals surface area contributed by atoms with Gasteiger partial charge in [-0.15, -0.1) is 0 Å². The maximum absolute atomic E-state index is 5.68. The highest BCUT2D eigenvalue weighted by molar-refractivity contribution is 5.70. The Labute approximate surface area is 109 Å². The van der Waals surface area contributed by atoms with Crippen molar-refractivity contribution < 1.29 is 0 Å². The van der Waals surface area contributed by atoms with E-state index in [4.69, 9.17) is 5.73 Å². The molecule has 0 radical (unpaired) electrons. The molecule has 0 saturated heterocycles. The zero-order chi connectivity index (χ0) is 13.5. The fourth-order valence-electron chi connectivity index (χ4n) is 1.62. The summed E-state index contributed by atoms with van der Waals surface area (Å²) in [6, 6.07) is 12.1. The van der Waals surface area contributed by atoms with Gasteiger partial charge in [-0.1, -0.05) is 38.6 Å². The van der Waals surface area contributed by atoms with Crippen molar-refractivity contribution in [3.63, 3.8) is 0 Å². The van der Waals surface area contributed by atoms with Gasteiger partial charge in [0.25, 0.3) is 0 Å². The number of rotatable bonds is 2. The van der Waals surface area contributed by atoms with Gasteiger partial charge in [0.15, 0.2) is 0 Å². The van der Waals surface area contributed by atoms with Crippen LogP contribution in [-0.2, 0) is 0 Å². The second kappa shape index (κ2) is 6.60. The van der Waals surface area contributed by atoms with Crippen LogP contribution in [0.2, 0.25) is 0 Å². The van der Waals surface area contributed by atoms with E-state index in [0.717, 1.165) is 22.4 Å². The second-order valence-electron chi connectivity index (χ2n) is 3.79. The van der Waals surface area contributed by atoms with Gasteiger partial charge in [-0.25, -0.2) is 0 Å². The van der Waals surface area contributed by atoms with Crippen LogP contribution in [0.15, 0.2) is 49.2 Å². The number of pyridine rings is 1. The van der Waals surface area contributed by atoms with Gasteiger partial charge in [-0.3, -0.25) is 4.98 Å². The van der Waals surface area contributed by atoms with Crippen LogP contribution in [0.1, 0.15) is 25.1 Å². The van der Waals surface area contributed by atoms with Crippen LogP contribution in [0.25, 0.3) is 16.8 Å². The number of nitrogens with two attached hydrogens (primary N) is 1. The minimum atomic E-state index is 0.590. The third kappa shape index (κ3) is 3.45. The van der Waals surface area contributed by atoms with Crippen molar-refractivity contribution in [3.05, 3.63) is 60.4 Å². The van der Waals surface area contributed by atoms with E-state index < -0.39 is 0 Å². The van der Waals surface area contributed by atoms with Crippen molar-refractivity contribution >= 4 is 5.70 Å². The number of hydrogen-bond acceptors (Lipinski definition) is 2. The van der Waals surface area contributed by atoms with E-state index in [2.05, 4.69) is 23.7 Å². The average molecular weight is 240 g/mol. The number of hydrogen-bond donors (Lipinski definition) is 1. The van der Waals surface area contributed by atoms with E-state index in [0.29, 0.717) is 5.70 Å². The van der Waals surface area contributed by atoms with E-state index in [9.17, 15) is 0 Å². The van der Waals surface area contributed by atoms with Crippen molar-refractivity contribution in [2.75, 3.05) is 0 Å². The molecule has 0 aliphatic rings. The largest absolute Gasteiger partial charge is 0.399 e. The zero-order valence-corrected chi connectivity index (χ0v) is 11.3. The molecule has 0 aliphatic heterocycles. The normalized spacial score (nSPS) is 9.28. The van der Waals surface area contributed by atoms with Gasteiger partial charge in [-0.2, -0.15) is 0 Å². The highest BCUT2D eigenvalue weighted by Gasteiger charge is 2.00. The standard InChI is InChI=1S/C14H14N2.C2H6/c1-10-8-14(6-7-16-10)13-5-3-4-12(9-13)11(2)15;1-2/h3-9H,2,15H2,1H3;1-2H3. The third-order valence-electron chi connectivity index (χ3n) is 2.46. The summed E-state index contributed by atoms with van der Waals surface area (Å²) in [6.45, 7) is 9.72. The zero-order valence-electron chi connectivity index (χ0n) is 11.3. The molecule has 1 heterocycles. The van der Waals surface area contributed by atoms with Crippen molar-refractivity contribution in [2.24, 2.45) is 5.73 Å². The second-order valence-corrected chi connectivity index (χ2v) is 3.79. The number of aromatic nitrogens is 1. The molecular weight excluding hydrogens is 220 g/mol. The first-order valence-corrected chi connectivity index (χ1v) is 6.14. The van der Waals surface area contributed by atoms with Gasteiger partial charge >= 0.3 is 0 Å². The minimum Gasteiger partial charge on any atom is -0.399 e. The topological polar surface area (TPSA) is 38.9 Å². The molecule has 0 amide bonds. The summed E-state index contributed by atoms with van der Waals surface area (Å²) < 4.78 is 0. The predicted molar refractivity (Wildman–Crippen MR) is 79.0 cm³/mol. The molecule has 2 heteroatoms. The van der Waals surface area contributed by atoms with Gasteiger partial charge in [0.1, 0.15) is 0 Å². The Morgan fingerprint density at radius 2 is 1.78 bits per heavy atom. The van der Waals surface area contributed by atoms with Crippen molar-refractivity contribution in [3.8, 4) is 11.1 Å². The van der Waals surface area contributed by atoms with Crippen LogP contribution in [0.5, 0.6) is 0 Å². The molecule has 0 bridgehead atoms. The van der Waals surface area contributed by atoms with Crippen molar-refractivity contribution in [1.82, 2.24) is 4.98 Å². The van der Waals surface area contributed by atoms with E-state index in [-0.39, 0.29) is 0 Å². The van der Waals surface area contributed by atoms with Crippen LogP contribution < -0.4 is 5.73 Å². The molecule has 0 fully saturated rings. The lowest BCUT2D eigenvalue weighted by Gasteiger charge is -2.05.